The predicted molar refractivity (Wildman–Crippen MR) is 169 cm³/mol. The number of methoxy groups -OCH3 is 1. The maximum absolute atomic E-state index is 13.3. The number of carbonyl (C=O) groups is 3. The van der Waals surface area contributed by atoms with E-state index in [1.54, 1.807) is 4.90 Å². The van der Waals surface area contributed by atoms with Gasteiger partial charge in [-0.3, -0.25) is 9.59 Å². The molecular weight excluding hydrogens is 524 g/mol. The van der Waals surface area contributed by atoms with Gasteiger partial charge in [-0.15, -0.1) is 0 Å². The van der Waals surface area contributed by atoms with Crippen molar-refractivity contribution in [3.63, 3.8) is 0 Å². The summed E-state index contributed by atoms with van der Waals surface area (Å²) in [6.07, 6.45) is 10.6. The Morgan fingerprint density at radius 3 is 2.14 bits per heavy atom. The number of hydrogen-bond donors (Lipinski definition) is 1. The molecule has 6 nitrogen and oxygen atoms in total. The molecule has 42 heavy (non-hydrogen) atoms. The number of benzene rings is 3. The Hall–Kier alpha value is -3.93. The van der Waals surface area contributed by atoms with Crippen LogP contribution >= 0.6 is 0 Å². The fourth-order valence-corrected chi connectivity index (χ4v) is 5.83. The largest absolute Gasteiger partial charge is 0.467 e. The van der Waals surface area contributed by atoms with Crippen molar-refractivity contribution in [3.8, 4) is 11.1 Å². The van der Waals surface area contributed by atoms with Gasteiger partial charge in [0.25, 0.3) is 11.8 Å². The molecule has 3 aromatic carbocycles. The molecule has 0 radical (unpaired) electrons. The van der Waals surface area contributed by atoms with Gasteiger partial charge in [-0.05, 0) is 78.8 Å². The SMILES string of the molecule is CCCCCCCCCc1ccc(C(=O)Nc2ccc(-c3ccc4c(c3)C(=O)N([C@@H](CC)C(=O)OC)[C@H]4C)cc2)cc1. The molecular formula is C36H44N2O4. The van der Waals surface area contributed by atoms with E-state index in [1.165, 1.54) is 57.6 Å². The number of nitrogens with one attached hydrogen (secondary N) is 1. The van der Waals surface area contributed by atoms with E-state index in [2.05, 4.69) is 24.4 Å². The smallest absolute Gasteiger partial charge is 0.328 e. The molecule has 0 saturated carbocycles. The molecule has 0 saturated heterocycles. The summed E-state index contributed by atoms with van der Waals surface area (Å²) in [6.45, 7) is 6.06. The lowest BCUT2D eigenvalue weighted by Crippen LogP contribution is -2.43. The van der Waals surface area contributed by atoms with Crippen molar-refractivity contribution < 1.29 is 19.1 Å². The number of fused-ring (bicyclic) bond motifs is 1. The van der Waals surface area contributed by atoms with E-state index in [9.17, 15) is 14.4 Å². The molecule has 0 spiro atoms. The minimum atomic E-state index is -0.613. The molecule has 4 rings (SSSR count). The summed E-state index contributed by atoms with van der Waals surface area (Å²) in [5, 5.41) is 2.98. The zero-order valence-corrected chi connectivity index (χ0v) is 25.4. The summed E-state index contributed by atoms with van der Waals surface area (Å²) in [4.78, 5) is 40.1. The average molecular weight is 569 g/mol. The van der Waals surface area contributed by atoms with E-state index in [0.717, 1.165) is 23.1 Å². The molecule has 0 aliphatic carbocycles. The number of amides is 2. The quantitative estimate of drug-likeness (QED) is 0.157. The lowest BCUT2D eigenvalue weighted by molar-refractivity contribution is -0.146. The maximum Gasteiger partial charge on any atom is 0.328 e. The van der Waals surface area contributed by atoms with Crippen LogP contribution in [0.5, 0.6) is 0 Å². The number of hydrogen-bond acceptors (Lipinski definition) is 4. The molecule has 0 aromatic heterocycles. The topological polar surface area (TPSA) is 75.7 Å². The summed E-state index contributed by atoms with van der Waals surface area (Å²) < 4.78 is 4.94. The first-order valence-electron chi connectivity index (χ1n) is 15.4. The van der Waals surface area contributed by atoms with Crippen LogP contribution in [0.2, 0.25) is 0 Å². The van der Waals surface area contributed by atoms with Crippen molar-refractivity contribution >= 4 is 23.5 Å². The van der Waals surface area contributed by atoms with Crippen LogP contribution in [0.3, 0.4) is 0 Å². The molecule has 1 aliphatic heterocycles. The Kier molecular flexibility index (Phi) is 10.9. The predicted octanol–water partition coefficient (Wildman–Crippen LogP) is 8.37. The lowest BCUT2D eigenvalue weighted by atomic mass is 9.98. The molecule has 3 aromatic rings. The molecule has 222 valence electrons. The van der Waals surface area contributed by atoms with Crippen LogP contribution in [-0.4, -0.2) is 35.8 Å². The van der Waals surface area contributed by atoms with Crippen molar-refractivity contribution in [3.05, 3.63) is 89.0 Å². The van der Waals surface area contributed by atoms with Crippen LogP contribution in [-0.2, 0) is 16.0 Å². The highest BCUT2D eigenvalue weighted by molar-refractivity contribution is 6.04. The zero-order chi connectivity index (χ0) is 30.1. The van der Waals surface area contributed by atoms with Gasteiger partial charge in [0.05, 0.1) is 13.2 Å². The number of ether oxygens (including phenoxy) is 1. The van der Waals surface area contributed by atoms with Crippen LogP contribution in [0.1, 0.15) is 110 Å². The van der Waals surface area contributed by atoms with Gasteiger partial charge in [-0.1, -0.05) is 88.8 Å². The normalized spacial score (nSPS) is 14.9. The number of anilines is 1. The first-order chi connectivity index (χ1) is 20.4. The van der Waals surface area contributed by atoms with Crippen LogP contribution in [0, 0.1) is 0 Å². The number of esters is 1. The monoisotopic (exact) mass is 568 g/mol. The molecule has 1 N–H and O–H groups in total. The summed E-state index contributed by atoms with van der Waals surface area (Å²) >= 11 is 0. The highest BCUT2D eigenvalue weighted by Crippen LogP contribution is 2.38. The Balaban J connectivity index is 1.34. The van der Waals surface area contributed by atoms with Gasteiger partial charge in [0.2, 0.25) is 0 Å². The molecule has 0 bridgehead atoms. The fraction of sp³-hybridized carbons (Fsp3) is 0.417. The average Bonchev–Trinajstić information content (AvgIpc) is 3.26. The number of rotatable bonds is 14. The maximum atomic E-state index is 13.3. The lowest BCUT2D eigenvalue weighted by Gasteiger charge is -2.29. The van der Waals surface area contributed by atoms with Gasteiger partial charge in [0.1, 0.15) is 6.04 Å². The Morgan fingerprint density at radius 2 is 1.50 bits per heavy atom. The van der Waals surface area contributed by atoms with Gasteiger partial charge < -0.3 is 15.0 Å². The third-order valence-corrected chi connectivity index (χ3v) is 8.34. The molecule has 2 atom stereocenters. The van der Waals surface area contributed by atoms with Crippen LogP contribution < -0.4 is 5.32 Å². The third kappa shape index (κ3) is 7.28. The molecule has 1 aliphatic rings. The van der Waals surface area contributed by atoms with E-state index >= 15 is 0 Å². The fourth-order valence-electron chi connectivity index (χ4n) is 5.83. The highest BCUT2D eigenvalue weighted by atomic mass is 16.5. The van der Waals surface area contributed by atoms with E-state index in [0.29, 0.717) is 23.2 Å². The van der Waals surface area contributed by atoms with Gasteiger partial charge in [-0.25, -0.2) is 4.79 Å². The Labute approximate surface area is 250 Å². The summed E-state index contributed by atoms with van der Waals surface area (Å²) in [7, 11) is 1.35. The van der Waals surface area contributed by atoms with Crippen LogP contribution in [0.25, 0.3) is 11.1 Å². The van der Waals surface area contributed by atoms with Crippen molar-refractivity contribution in [1.82, 2.24) is 4.90 Å². The summed E-state index contributed by atoms with van der Waals surface area (Å²) in [5.41, 5.74) is 5.96. The van der Waals surface area contributed by atoms with Crippen molar-refractivity contribution in [1.29, 1.82) is 0 Å². The van der Waals surface area contributed by atoms with Crippen molar-refractivity contribution in [2.24, 2.45) is 0 Å². The molecule has 0 fully saturated rings. The van der Waals surface area contributed by atoms with E-state index < -0.39 is 12.0 Å². The second-order valence-corrected chi connectivity index (χ2v) is 11.2. The van der Waals surface area contributed by atoms with Crippen molar-refractivity contribution in [2.75, 3.05) is 12.4 Å². The van der Waals surface area contributed by atoms with Gasteiger partial charge in [-0.2, -0.15) is 0 Å². The highest BCUT2D eigenvalue weighted by Gasteiger charge is 2.41. The first-order valence-corrected chi connectivity index (χ1v) is 15.4. The van der Waals surface area contributed by atoms with Gasteiger partial charge in [0, 0.05) is 16.8 Å². The minimum Gasteiger partial charge on any atom is -0.467 e. The second kappa shape index (κ2) is 14.8. The third-order valence-electron chi connectivity index (χ3n) is 8.34. The first kappa shape index (κ1) is 31.0. The molecule has 2 amide bonds. The summed E-state index contributed by atoms with van der Waals surface area (Å²) in [5.74, 6) is -0.699. The van der Waals surface area contributed by atoms with Crippen LogP contribution in [0.4, 0.5) is 5.69 Å². The number of carbonyl (C=O) groups excluding carboxylic acids is 3. The standard InChI is InChI=1S/C36H44N2O4/c1-5-7-8-9-10-11-12-13-26-14-16-28(17-15-26)34(39)37-30-21-18-27(19-22-30)29-20-23-31-25(3)38(35(40)32(31)24-29)33(6-2)36(41)42-4/h14-25,33H,5-13H2,1-4H3,(H,37,39)/t25-,33-/m0/s1. The van der Waals surface area contributed by atoms with Crippen LogP contribution in [0.15, 0.2) is 66.7 Å². The van der Waals surface area contributed by atoms with E-state index in [1.807, 2.05) is 68.4 Å². The van der Waals surface area contributed by atoms with Gasteiger partial charge >= 0.3 is 5.97 Å². The molecule has 6 heteroatoms. The van der Waals surface area contributed by atoms with E-state index in [-0.39, 0.29) is 17.9 Å². The zero-order valence-electron chi connectivity index (χ0n) is 25.4. The molecule has 0 unspecified atom stereocenters. The van der Waals surface area contributed by atoms with E-state index in [4.69, 9.17) is 4.74 Å². The minimum absolute atomic E-state index is 0.140. The van der Waals surface area contributed by atoms with Crippen molar-refractivity contribution in [2.45, 2.75) is 90.6 Å². The number of unbranched alkanes of at least 4 members (excludes halogenated alkanes) is 6. The number of nitrogens with zero attached hydrogens (tertiary/aromatic N) is 1. The number of aryl methyl sites for hydroxylation is 1. The Morgan fingerprint density at radius 1 is 0.857 bits per heavy atom. The second-order valence-electron chi connectivity index (χ2n) is 11.2. The Bertz CT molecular complexity index is 1360. The summed E-state index contributed by atoms with van der Waals surface area (Å²) in [6, 6.07) is 20.5. The van der Waals surface area contributed by atoms with Gasteiger partial charge in [0.15, 0.2) is 0 Å². The molecule has 1 heterocycles.